The van der Waals surface area contributed by atoms with Crippen LogP contribution in [0.4, 0.5) is 10.1 Å². The van der Waals surface area contributed by atoms with E-state index in [1.807, 2.05) is 42.5 Å². The molecule has 0 spiro atoms. The van der Waals surface area contributed by atoms with E-state index in [0.717, 1.165) is 22.0 Å². The molecule has 4 aromatic rings. The van der Waals surface area contributed by atoms with E-state index in [-0.39, 0.29) is 11.7 Å². The molecule has 26 heavy (non-hydrogen) atoms. The van der Waals surface area contributed by atoms with Crippen LogP contribution in [0.1, 0.15) is 10.4 Å². The molecule has 4 heteroatoms. The SMILES string of the molecule is O=C(Nc1ccc(F)cc1)c1cccc(-c2cnc3ccccc3c2)c1. The van der Waals surface area contributed by atoms with Crippen LogP contribution < -0.4 is 5.32 Å². The third-order valence-corrected chi connectivity index (χ3v) is 4.15. The van der Waals surface area contributed by atoms with Crippen LogP contribution in [0.2, 0.25) is 0 Å². The Morgan fingerprint density at radius 2 is 1.65 bits per heavy atom. The van der Waals surface area contributed by atoms with E-state index in [1.165, 1.54) is 24.3 Å². The van der Waals surface area contributed by atoms with Crippen molar-refractivity contribution < 1.29 is 9.18 Å². The minimum Gasteiger partial charge on any atom is -0.322 e. The molecule has 1 amide bonds. The fourth-order valence-corrected chi connectivity index (χ4v) is 2.81. The molecule has 0 unspecified atom stereocenters. The van der Waals surface area contributed by atoms with Crippen molar-refractivity contribution in [1.82, 2.24) is 4.98 Å². The van der Waals surface area contributed by atoms with Gasteiger partial charge in [-0.05, 0) is 54.1 Å². The van der Waals surface area contributed by atoms with Gasteiger partial charge in [0.25, 0.3) is 5.91 Å². The van der Waals surface area contributed by atoms with E-state index in [9.17, 15) is 9.18 Å². The van der Waals surface area contributed by atoms with Gasteiger partial charge >= 0.3 is 0 Å². The quantitative estimate of drug-likeness (QED) is 0.549. The van der Waals surface area contributed by atoms with Crippen LogP contribution >= 0.6 is 0 Å². The van der Waals surface area contributed by atoms with Gasteiger partial charge in [0.15, 0.2) is 0 Å². The number of hydrogen-bond acceptors (Lipinski definition) is 2. The first-order valence-corrected chi connectivity index (χ1v) is 8.21. The summed E-state index contributed by atoms with van der Waals surface area (Å²) in [6.45, 7) is 0. The van der Waals surface area contributed by atoms with Gasteiger partial charge in [0, 0.05) is 28.4 Å². The van der Waals surface area contributed by atoms with E-state index in [1.54, 1.807) is 12.3 Å². The Balaban J connectivity index is 1.62. The lowest BCUT2D eigenvalue weighted by molar-refractivity contribution is 0.102. The Kier molecular flexibility index (Phi) is 4.15. The van der Waals surface area contributed by atoms with Crippen LogP contribution in [-0.2, 0) is 0 Å². The Hall–Kier alpha value is -3.53. The average Bonchev–Trinajstić information content (AvgIpc) is 2.69. The molecule has 1 N–H and O–H groups in total. The molecule has 1 heterocycles. The summed E-state index contributed by atoms with van der Waals surface area (Å²) in [5.74, 6) is -0.582. The maximum atomic E-state index is 13.0. The lowest BCUT2D eigenvalue weighted by Crippen LogP contribution is -2.11. The normalized spacial score (nSPS) is 10.7. The summed E-state index contributed by atoms with van der Waals surface area (Å²) in [5, 5.41) is 3.82. The monoisotopic (exact) mass is 342 g/mol. The lowest BCUT2D eigenvalue weighted by atomic mass is 10.0. The Bertz CT molecular complexity index is 1090. The van der Waals surface area contributed by atoms with Gasteiger partial charge in [-0.1, -0.05) is 30.3 Å². The van der Waals surface area contributed by atoms with E-state index in [2.05, 4.69) is 16.4 Å². The molecule has 3 aromatic carbocycles. The van der Waals surface area contributed by atoms with Crippen LogP contribution in [0.3, 0.4) is 0 Å². The molecule has 0 bridgehead atoms. The number of nitrogens with one attached hydrogen (secondary N) is 1. The highest BCUT2D eigenvalue weighted by molar-refractivity contribution is 6.05. The smallest absolute Gasteiger partial charge is 0.255 e. The van der Waals surface area contributed by atoms with Crippen LogP contribution in [0.15, 0.2) is 85.1 Å². The maximum Gasteiger partial charge on any atom is 0.255 e. The number of aromatic nitrogens is 1. The van der Waals surface area contributed by atoms with Crippen molar-refractivity contribution in [2.45, 2.75) is 0 Å². The molecule has 1 aromatic heterocycles. The molecule has 0 saturated heterocycles. The maximum absolute atomic E-state index is 13.0. The van der Waals surface area contributed by atoms with Crippen LogP contribution in [0.25, 0.3) is 22.0 Å². The first kappa shape index (κ1) is 16.0. The number of carbonyl (C=O) groups excluding carboxylic acids is 1. The minimum atomic E-state index is -0.339. The molecule has 0 atom stereocenters. The van der Waals surface area contributed by atoms with Crippen LogP contribution in [-0.4, -0.2) is 10.9 Å². The number of anilines is 1. The summed E-state index contributed by atoms with van der Waals surface area (Å²) in [6, 6.07) is 23.0. The van der Waals surface area contributed by atoms with Gasteiger partial charge in [-0.15, -0.1) is 0 Å². The molecule has 0 fully saturated rings. The molecule has 4 rings (SSSR count). The second kappa shape index (κ2) is 6.76. The number of rotatable bonds is 3. The summed E-state index contributed by atoms with van der Waals surface area (Å²) in [5.41, 5.74) is 3.87. The van der Waals surface area contributed by atoms with Crippen molar-refractivity contribution in [3.63, 3.8) is 0 Å². The topological polar surface area (TPSA) is 42.0 Å². The number of halogens is 1. The third-order valence-electron chi connectivity index (χ3n) is 4.15. The van der Waals surface area contributed by atoms with Crippen molar-refractivity contribution in [3.8, 4) is 11.1 Å². The highest BCUT2D eigenvalue weighted by atomic mass is 19.1. The van der Waals surface area contributed by atoms with E-state index in [0.29, 0.717) is 11.3 Å². The number of nitrogens with zero attached hydrogens (tertiary/aromatic N) is 1. The summed E-state index contributed by atoms with van der Waals surface area (Å²) < 4.78 is 13.0. The standard InChI is InChI=1S/C22H15FN2O/c23-19-8-10-20(11-9-19)25-22(26)17-6-3-5-15(12-17)18-13-16-4-1-2-7-21(16)24-14-18/h1-14H,(H,25,26). The zero-order chi connectivity index (χ0) is 17.9. The molecule has 0 saturated carbocycles. The summed E-state index contributed by atoms with van der Waals surface area (Å²) >= 11 is 0. The van der Waals surface area contributed by atoms with Gasteiger partial charge in [-0.25, -0.2) is 4.39 Å². The predicted octanol–water partition coefficient (Wildman–Crippen LogP) is 5.29. The van der Waals surface area contributed by atoms with Gasteiger partial charge in [0.2, 0.25) is 0 Å². The fourth-order valence-electron chi connectivity index (χ4n) is 2.81. The Morgan fingerprint density at radius 1 is 0.846 bits per heavy atom. The van der Waals surface area contributed by atoms with Gasteiger partial charge < -0.3 is 5.32 Å². The zero-order valence-corrected chi connectivity index (χ0v) is 13.8. The third kappa shape index (κ3) is 3.30. The molecule has 0 aliphatic rings. The molecule has 3 nitrogen and oxygen atoms in total. The number of hydrogen-bond donors (Lipinski definition) is 1. The van der Waals surface area contributed by atoms with Crippen molar-refractivity contribution in [2.75, 3.05) is 5.32 Å². The highest BCUT2D eigenvalue weighted by Crippen LogP contribution is 2.24. The number of para-hydroxylation sites is 1. The van der Waals surface area contributed by atoms with Crippen molar-refractivity contribution >= 4 is 22.5 Å². The van der Waals surface area contributed by atoms with E-state index in [4.69, 9.17) is 0 Å². The number of pyridine rings is 1. The highest BCUT2D eigenvalue weighted by Gasteiger charge is 2.08. The Labute approximate surface area is 150 Å². The molecule has 0 aliphatic carbocycles. The fraction of sp³-hybridized carbons (Fsp3) is 0. The lowest BCUT2D eigenvalue weighted by Gasteiger charge is -2.08. The molecular formula is C22H15FN2O. The number of amides is 1. The summed E-state index contributed by atoms with van der Waals surface area (Å²) in [7, 11) is 0. The number of carbonyl (C=O) groups is 1. The Morgan fingerprint density at radius 3 is 2.50 bits per heavy atom. The van der Waals surface area contributed by atoms with E-state index >= 15 is 0 Å². The average molecular weight is 342 g/mol. The van der Waals surface area contributed by atoms with Gasteiger partial charge in [0.05, 0.1) is 5.52 Å². The second-order valence-corrected chi connectivity index (χ2v) is 5.96. The summed E-state index contributed by atoms with van der Waals surface area (Å²) in [6.07, 6.45) is 1.80. The molecule has 126 valence electrons. The molecule has 0 aliphatic heterocycles. The predicted molar refractivity (Wildman–Crippen MR) is 102 cm³/mol. The van der Waals surface area contributed by atoms with Crippen molar-refractivity contribution in [1.29, 1.82) is 0 Å². The largest absolute Gasteiger partial charge is 0.322 e. The van der Waals surface area contributed by atoms with Crippen molar-refractivity contribution in [3.05, 3.63) is 96.4 Å². The van der Waals surface area contributed by atoms with Crippen LogP contribution in [0.5, 0.6) is 0 Å². The van der Waals surface area contributed by atoms with E-state index < -0.39 is 0 Å². The first-order chi connectivity index (χ1) is 12.7. The van der Waals surface area contributed by atoms with Gasteiger partial charge in [0.1, 0.15) is 5.82 Å². The van der Waals surface area contributed by atoms with Crippen molar-refractivity contribution in [2.24, 2.45) is 0 Å². The molecular weight excluding hydrogens is 327 g/mol. The zero-order valence-electron chi connectivity index (χ0n) is 13.8. The van der Waals surface area contributed by atoms with Gasteiger partial charge in [-0.2, -0.15) is 0 Å². The second-order valence-electron chi connectivity index (χ2n) is 5.96. The minimum absolute atomic E-state index is 0.243. The summed E-state index contributed by atoms with van der Waals surface area (Å²) in [4.78, 5) is 16.9. The molecule has 0 radical (unpaired) electrons. The first-order valence-electron chi connectivity index (χ1n) is 8.21. The number of fused-ring (bicyclic) bond motifs is 1. The number of benzene rings is 3. The van der Waals surface area contributed by atoms with Gasteiger partial charge in [-0.3, -0.25) is 9.78 Å². The van der Waals surface area contributed by atoms with Crippen LogP contribution in [0, 0.1) is 5.82 Å².